The third-order valence-corrected chi connectivity index (χ3v) is 4.75. The van der Waals surface area contributed by atoms with Gasteiger partial charge in [-0.25, -0.2) is 0 Å². The van der Waals surface area contributed by atoms with Crippen molar-refractivity contribution < 1.29 is 4.74 Å². The van der Waals surface area contributed by atoms with Crippen LogP contribution in [0.2, 0.25) is 0 Å². The van der Waals surface area contributed by atoms with Crippen molar-refractivity contribution in [1.82, 2.24) is 15.2 Å². The number of ether oxygens (including phenoxy) is 1. The SMILES string of the molecule is CCNC(=NCC1(CCOC)CCCC1)NCCn1cccc1. The Morgan fingerprint density at radius 3 is 2.61 bits per heavy atom. The fourth-order valence-corrected chi connectivity index (χ4v) is 3.34. The summed E-state index contributed by atoms with van der Waals surface area (Å²) in [7, 11) is 1.79. The van der Waals surface area contributed by atoms with E-state index in [1.54, 1.807) is 7.11 Å². The molecule has 1 fully saturated rings. The summed E-state index contributed by atoms with van der Waals surface area (Å²) in [6, 6.07) is 4.11. The van der Waals surface area contributed by atoms with E-state index in [9.17, 15) is 0 Å². The van der Waals surface area contributed by atoms with Crippen LogP contribution in [0.5, 0.6) is 0 Å². The Hall–Kier alpha value is -1.49. The predicted molar refractivity (Wildman–Crippen MR) is 95.8 cm³/mol. The first-order chi connectivity index (χ1) is 11.3. The van der Waals surface area contributed by atoms with Crippen LogP contribution in [-0.4, -0.2) is 43.9 Å². The van der Waals surface area contributed by atoms with Crippen LogP contribution in [-0.2, 0) is 11.3 Å². The molecule has 1 heterocycles. The van der Waals surface area contributed by atoms with Gasteiger partial charge in [0.05, 0.1) is 0 Å². The van der Waals surface area contributed by atoms with E-state index in [4.69, 9.17) is 9.73 Å². The summed E-state index contributed by atoms with van der Waals surface area (Å²) in [5, 5.41) is 6.80. The predicted octanol–water partition coefficient (Wildman–Crippen LogP) is 2.64. The molecule has 0 aliphatic heterocycles. The van der Waals surface area contributed by atoms with Crippen LogP contribution in [0.25, 0.3) is 0 Å². The van der Waals surface area contributed by atoms with Crippen molar-refractivity contribution in [2.24, 2.45) is 10.4 Å². The number of nitrogens with one attached hydrogen (secondary N) is 2. The van der Waals surface area contributed by atoms with Gasteiger partial charge in [0.2, 0.25) is 0 Å². The van der Waals surface area contributed by atoms with Gasteiger partial charge in [0.1, 0.15) is 0 Å². The molecule has 0 aromatic carbocycles. The highest BCUT2D eigenvalue weighted by molar-refractivity contribution is 5.79. The van der Waals surface area contributed by atoms with E-state index in [1.807, 2.05) is 0 Å². The van der Waals surface area contributed by atoms with E-state index in [-0.39, 0.29) is 0 Å². The molecular formula is C18H32N4O. The molecule has 0 bridgehead atoms. The van der Waals surface area contributed by atoms with Crippen molar-refractivity contribution >= 4 is 5.96 Å². The van der Waals surface area contributed by atoms with Crippen LogP contribution in [0.1, 0.15) is 39.0 Å². The lowest BCUT2D eigenvalue weighted by atomic mass is 9.83. The Labute approximate surface area is 140 Å². The molecule has 1 aromatic heterocycles. The average Bonchev–Trinajstić information content (AvgIpc) is 3.23. The molecule has 1 aliphatic carbocycles. The van der Waals surface area contributed by atoms with Crippen molar-refractivity contribution in [3.8, 4) is 0 Å². The molecule has 2 N–H and O–H groups in total. The van der Waals surface area contributed by atoms with E-state index in [1.165, 1.54) is 25.7 Å². The second kappa shape index (κ2) is 9.60. The fourth-order valence-electron chi connectivity index (χ4n) is 3.34. The molecule has 5 nitrogen and oxygen atoms in total. The van der Waals surface area contributed by atoms with Gasteiger partial charge < -0.3 is 19.9 Å². The third kappa shape index (κ3) is 5.90. The minimum Gasteiger partial charge on any atom is -0.385 e. The lowest BCUT2D eigenvalue weighted by molar-refractivity contribution is 0.141. The van der Waals surface area contributed by atoms with Crippen molar-refractivity contribution in [2.45, 2.75) is 45.6 Å². The van der Waals surface area contributed by atoms with Gasteiger partial charge in [0, 0.05) is 52.3 Å². The molecule has 5 heteroatoms. The smallest absolute Gasteiger partial charge is 0.191 e. The molecular weight excluding hydrogens is 288 g/mol. The van der Waals surface area contributed by atoms with Gasteiger partial charge in [0.15, 0.2) is 5.96 Å². The zero-order valence-corrected chi connectivity index (χ0v) is 14.7. The van der Waals surface area contributed by atoms with Crippen LogP contribution < -0.4 is 10.6 Å². The average molecular weight is 320 g/mol. The Kier molecular flexibility index (Phi) is 7.46. The molecule has 1 aliphatic rings. The number of hydrogen-bond acceptors (Lipinski definition) is 2. The summed E-state index contributed by atoms with van der Waals surface area (Å²) in [4.78, 5) is 4.87. The van der Waals surface area contributed by atoms with Gasteiger partial charge in [-0.2, -0.15) is 0 Å². The monoisotopic (exact) mass is 320 g/mol. The van der Waals surface area contributed by atoms with Crippen LogP contribution in [0.4, 0.5) is 0 Å². The number of methoxy groups -OCH3 is 1. The number of aromatic nitrogens is 1. The van der Waals surface area contributed by atoms with Crippen LogP contribution in [0, 0.1) is 5.41 Å². The van der Waals surface area contributed by atoms with Crippen LogP contribution in [0.3, 0.4) is 0 Å². The third-order valence-electron chi connectivity index (χ3n) is 4.75. The van der Waals surface area contributed by atoms with Gasteiger partial charge in [-0.15, -0.1) is 0 Å². The quantitative estimate of drug-likeness (QED) is 0.543. The van der Waals surface area contributed by atoms with Gasteiger partial charge in [-0.3, -0.25) is 4.99 Å². The van der Waals surface area contributed by atoms with Gasteiger partial charge >= 0.3 is 0 Å². The summed E-state index contributed by atoms with van der Waals surface area (Å²) in [5.41, 5.74) is 0.346. The molecule has 0 unspecified atom stereocenters. The molecule has 2 rings (SSSR count). The van der Waals surface area contributed by atoms with E-state index >= 15 is 0 Å². The zero-order valence-electron chi connectivity index (χ0n) is 14.7. The van der Waals surface area contributed by atoms with Crippen molar-refractivity contribution in [3.05, 3.63) is 24.5 Å². The molecule has 0 atom stereocenters. The fraction of sp³-hybridized carbons (Fsp3) is 0.722. The number of nitrogens with zero attached hydrogens (tertiary/aromatic N) is 2. The Morgan fingerprint density at radius 1 is 1.22 bits per heavy atom. The lowest BCUT2D eigenvalue weighted by Crippen LogP contribution is -2.39. The molecule has 23 heavy (non-hydrogen) atoms. The number of rotatable bonds is 9. The molecule has 0 radical (unpaired) electrons. The Morgan fingerprint density at radius 2 is 1.96 bits per heavy atom. The molecule has 0 spiro atoms. The highest BCUT2D eigenvalue weighted by Gasteiger charge is 2.33. The maximum atomic E-state index is 5.31. The van der Waals surface area contributed by atoms with Crippen molar-refractivity contribution in [1.29, 1.82) is 0 Å². The Balaban J connectivity index is 1.85. The summed E-state index contributed by atoms with van der Waals surface area (Å²) in [6.45, 7) is 6.57. The maximum absolute atomic E-state index is 5.31. The molecule has 1 aromatic rings. The number of aliphatic imine (C=N–C) groups is 1. The molecule has 1 saturated carbocycles. The van der Waals surface area contributed by atoms with Crippen LogP contribution in [0.15, 0.2) is 29.5 Å². The second-order valence-corrected chi connectivity index (χ2v) is 6.49. The second-order valence-electron chi connectivity index (χ2n) is 6.49. The molecule has 0 amide bonds. The maximum Gasteiger partial charge on any atom is 0.191 e. The van der Waals surface area contributed by atoms with Gasteiger partial charge in [-0.1, -0.05) is 12.8 Å². The van der Waals surface area contributed by atoms with Gasteiger partial charge in [0.25, 0.3) is 0 Å². The zero-order chi connectivity index (χ0) is 16.4. The Bertz CT molecular complexity index is 450. The largest absolute Gasteiger partial charge is 0.385 e. The minimum atomic E-state index is 0.346. The molecule has 0 saturated heterocycles. The first kappa shape index (κ1) is 17.9. The number of guanidine groups is 1. The summed E-state index contributed by atoms with van der Waals surface area (Å²) < 4.78 is 7.48. The van der Waals surface area contributed by atoms with Crippen LogP contribution >= 0.6 is 0 Å². The van der Waals surface area contributed by atoms with Crippen molar-refractivity contribution in [2.75, 3.05) is 33.4 Å². The van der Waals surface area contributed by atoms with E-state index in [0.29, 0.717) is 5.41 Å². The first-order valence-electron chi connectivity index (χ1n) is 8.90. The summed E-state index contributed by atoms with van der Waals surface area (Å²) in [6.07, 6.45) is 10.5. The lowest BCUT2D eigenvalue weighted by Gasteiger charge is -2.27. The van der Waals surface area contributed by atoms with E-state index in [2.05, 4.69) is 46.7 Å². The summed E-state index contributed by atoms with van der Waals surface area (Å²) in [5.74, 6) is 0.934. The minimum absolute atomic E-state index is 0.346. The summed E-state index contributed by atoms with van der Waals surface area (Å²) >= 11 is 0. The normalized spacial score (nSPS) is 17.4. The number of hydrogen-bond donors (Lipinski definition) is 2. The molecule has 130 valence electrons. The van der Waals surface area contributed by atoms with E-state index < -0.39 is 0 Å². The standard InChI is InChI=1S/C18H32N4O/c1-3-19-17(20-11-14-22-12-6-7-13-22)21-16-18(10-15-23-2)8-4-5-9-18/h6-7,12-13H,3-5,8-11,14-16H2,1-2H3,(H2,19,20,21). The van der Waals surface area contributed by atoms with Crippen molar-refractivity contribution in [3.63, 3.8) is 0 Å². The highest BCUT2D eigenvalue weighted by atomic mass is 16.5. The van der Waals surface area contributed by atoms with E-state index in [0.717, 1.165) is 45.2 Å². The van der Waals surface area contributed by atoms with Gasteiger partial charge in [-0.05, 0) is 43.7 Å². The topological polar surface area (TPSA) is 50.6 Å². The first-order valence-corrected chi connectivity index (χ1v) is 8.90. The highest BCUT2D eigenvalue weighted by Crippen LogP contribution is 2.41.